The Morgan fingerprint density at radius 3 is 2.67 bits per heavy atom. The number of carboxylic acids is 1. The Hall–Kier alpha value is -2.48. The van der Waals surface area contributed by atoms with Gasteiger partial charge >= 0.3 is 5.97 Å². The summed E-state index contributed by atoms with van der Waals surface area (Å²) in [6.07, 6.45) is 4.25. The van der Waals surface area contributed by atoms with Crippen LogP contribution in [0, 0.1) is 5.92 Å². The number of hydrogen-bond donors (Lipinski definition) is 3. The molecule has 1 aliphatic carbocycles. The lowest BCUT2D eigenvalue weighted by molar-refractivity contribution is -0.142. The molecule has 3 rings (SSSR count). The largest absolute Gasteiger partial charge is 0.481 e. The molecule has 0 spiro atoms. The van der Waals surface area contributed by atoms with E-state index in [-0.39, 0.29) is 17.9 Å². The van der Waals surface area contributed by atoms with E-state index in [2.05, 4.69) is 20.6 Å². The van der Waals surface area contributed by atoms with Gasteiger partial charge in [0.2, 0.25) is 0 Å². The minimum absolute atomic E-state index is 0.0157. The van der Waals surface area contributed by atoms with Crippen LogP contribution in [0.1, 0.15) is 36.2 Å². The molecule has 2 aromatic heterocycles. The van der Waals surface area contributed by atoms with Crippen LogP contribution < -0.4 is 10.6 Å². The normalized spacial score (nSPS) is 20.3. The topological polar surface area (TPSA) is 104 Å². The number of rotatable bonds is 5. The number of hydrogen-bond acceptors (Lipinski definition) is 6. The van der Waals surface area contributed by atoms with Crippen LogP contribution in [-0.2, 0) is 4.79 Å². The zero-order valence-corrected chi connectivity index (χ0v) is 13.8. The highest BCUT2D eigenvalue weighted by molar-refractivity contribution is 7.14. The van der Waals surface area contributed by atoms with Gasteiger partial charge in [-0.15, -0.1) is 11.3 Å². The molecule has 3 N–H and O–H groups in total. The second-order valence-corrected chi connectivity index (χ2v) is 6.60. The number of nitrogens with zero attached hydrogens (tertiary/aromatic N) is 2. The van der Waals surface area contributed by atoms with Gasteiger partial charge in [0.25, 0.3) is 5.91 Å². The summed E-state index contributed by atoms with van der Waals surface area (Å²) in [5.41, 5.74) is 0.360. The van der Waals surface area contributed by atoms with Crippen molar-refractivity contribution in [2.45, 2.75) is 31.7 Å². The standard InChI is InChI=1S/C16H18N4O3S/c21-14(18-11-6-4-10(5-7-11)15(22)23)12-9-24-16(19-12)20-13-3-1-2-8-17-13/h1-3,8-11H,4-7H2,(H,18,21)(H,22,23)(H,17,19,20). The van der Waals surface area contributed by atoms with Crippen LogP contribution in [0.3, 0.4) is 0 Å². The van der Waals surface area contributed by atoms with Gasteiger partial charge in [0.1, 0.15) is 11.5 Å². The van der Waals surface area contributed by atoms with E-state index in [1.165, 1.54) is 11.3 Å². The third kappa shape index (κ3) is 4.08. The molecule has 8 heteroatoms. The van der Waals surface area contributed by atoms with Crippen molar-refractivity contribution in [1.29, 1.82) is 0 Å². The quantitative estimate of drug-likeness (QED) is 0.769. The zero-order chi connectivity index (χ0) is 16.9. The maximum atomic E-state index is 12.3. The van der Waals surface area contributed by atoms with Crippen LogP contribution in [-0.4, -0.2) is 33.0 Å². The van der Waals surface area contributed by atoms with Crippen molar-refractivity contribution in [1.82, 2.24) is 15.3 Å². The predicted octanol–water partition coefficient (Wildman–Crippen LogP) is 2.65. The van der Waals surface area contributed by atoms with Crippen LogP contribution in [0.2, 0.25) is 0 Å². The molecular formula is C16H18N4O3S. The molecule has 24 heavy (non-hydrogen) atoms. The lowest BCUT2D eigenvalue weighted by Crippen LogP contribution is -2.38. The van der Waals surface area contributed by atoms with E-state index < -0.39 is 5.97 Å². The fourth-order valence-corrected chi connectivity index (χ4v) is 3.42. The summed E-state index contributed by atoms with van der Waals surface area (Å²) in [6, 6.07) is 5.53. The van der Waals surface area contributed by atoms with Gasteiger partial charge in [-0.05, 0) is 37.8 Å². The molecule has 2 heterocycles. The molecule has 0 unspecified atom stereocenters. The van der Waals surface area contributed by atoms with Crippen molar-refractivity contribution >= 4 is 34.2 Å². The second-order valence-electron chi connectivity index (χ2n) is 5.74. The van der Waals surface area contributed by atoms with Crippen molar-refractivity contribution in [2.75, 3.05) is 5.32 Å². The summed E-state index contributed by atoms with van der Waals surface area (Å²) < 4.78 is 0. The van der Waals surface area contributed by atoms with Crippen LogP contribution in [0.4, 0.5) is 10.9 Å². The molecule has 1 amide bonds. The van der Waals surface area contributed by atoms with E-state index in [9.17, 15) is 9.59 Å². The fourth-order valence-electron chi connectivity index (χ4n) is 2.73. The Balaban J connectivity index is 1.54. The summed E-state index contributed by atoms with van der Waals surface area (Å²) in [4.78, 5) is 31.6. The van der Waals surface area contributed by atoms with Crippen molar-refractivity contribution in [3.63, 3.8) is 0 Å². The van der Waals surface area contributed by atoms with Gasteiger partial charge < -0.3 is 15.7 Å². The summed E-state index contributed by atoms with van der Waals surface area (Å²) in [6.45, 7) is 0. The SMILES string of the molecule is O=C(NC1CCC(C(=O)O)CC1)c1csc(Nc2ccccn2)n1. The van der Waals surface area contributed by atoms with E-state index in [1.54, 1.807) is 11.6 Å². The first-order valence-corrected chi connectivity index (χ1v) is 8.67. The maximum Gasteiger partial charge on any atom is 0.306 e. The van der Waals surface area contributed by atoms with Crippen molar-refractivity contribution in [3.05, 3.63) is 35.5 Å². The summed E-state index contributed by atoms with van der Waals surface area (Å²) >= 11 is 1.34. The Labute approximate surface area is 143 Å². The first-order chi connectivity index (χ1) is 11.6. The van der Waals surface area contributed by atoms with Gasteiger partial charge in [-0.1, -0.05) is 6.07 Å². The van der Waals surface area contributed by atoms with Gasteiger partial charge in [-0.25, -0.2) is 9.97 Å². The van der Waals surface area contributed by atoms with E-state index in [1.807, 2.05) is 18.2 Å². The number of aliphatic carboxylic acids is 1. The van der Waals surface area contributed by atoms with Gasteiger partial charge in [0.05, 0.1) is 5.92 Å². The molecule has 0 atom stereocenters. The minimum Gasteiger partial charge on any atom is -0.481 e. The van der Waals surface area contributed by atoms with E-state index in [0.717, 1.165) is 0 Å². The summed E-state index contributed by atoms with van der Waals surface area (Å²) in [7, 11) is 0. The molecule has 2 aromatic rings. The molecule has 1 saturated carbocycles. The van der Waals surface area contributed by atoms with Crippen LogP contribution in [0.25, 0.3) is 0 Å². The monoisotopic (exact) mass is 346 g/mol. The molecule has 0 radical (unpaired) electrons. The highest BCUT2D eigenvalue weighted by Crippen LogP contribution is 2.25. The second kappa shape index (κ2) is 7.39. The predicted molar refractivity (Wildman–Crippen MR) is 90.5 cm³/mol. The molecule has 0 bridgehead atoms. The molecule has 0 aromatic carbocycles. The minimum atomic E-state index is -0.746. The zero-order valence-electron chi connectivity index (χ0n) is 12.9. The van der Waals surface area contributed by atoms with Gasteiger partial charge in [-0.2, -0.15) is 0 Å². The van der Waals surface area contributed by atoms with E-state index in [0.29, 0.717) is 42.3 Å². The number of anilines is 2. The van der Waals surface area contributed by atoms with Crippen LogP contribution in [0.5, 0.6) is 0 Å². The smallest absolute Gasteiger partial charge is 0.306 e. The Morgan fingerprint density at radius 1 is 1.21 bits per heavy atom. The van der Waals surface area contributed by atoms with Crippen molar-refractivity contribution < 1.29 is 14.7 Å². The molecule has 0 saturated heterocycles. The number of pyridine rings is 1. The van der Waals surface area contributed by atoms with E-state index >= 15 is 0 Å². The van der Waals surface area contributed by atoms with Gasteiger partial charge in [0, 0.05) is 17.6 Å². The van der Waals surface area contributed by atoms with Gasteiger partial charge in [0.15, 0.2) is 5.13 Å². The number of carboxylic acid groups (broad SMARTS) is 1. The molecule has 126 valence electrons. The van der Waals surface area contributed by atoms with Crippen LogP contribution >= 0.6 is 11.3 Å². The maximum absolute atomic E-state index is 12.3. The lowest BCUT2D eigenvalue weighted by atomic mass is 9.86. The molecule has 1 aliphatic rings. The Morgan fingerprint density at radius 2 is 2.00 bits per heavy atom. The van der Waals surface area contributed by atoms with Gasteiger partial charge in [-0.3, -0.25) is 9.59 Å². The first-order valence-electron chi connectivity index (χ1n) is 7.79. The summed E-state index contributed by atoms with van der Waals surface area (Å²) in [5.74, 6) is -0.582. The highest BCUT2D eigenvalue weighted by Gasteiger charge is 2.27. The van der Waals surface area contributed by atoms with E-state index in [4.69, 9.17) is 5.11 Å². The number of carbonyl (C=O) groups is 2. The number of nitrogens with one attached hydrogen (secondary N) is 2. The van der Waals surface area contributed by atoms with Crippen molar-refractivity contribution in [3.8, 4) is 0 Å². The first kappa shape index (κ1) is 16.4. The van der Waals surface area contributed by atoms with Crippen LogP contribution in [0.15, 0.2) is 29.8 Å². The average molecular weight is 346 g/mol. The number of thiazole rings is 1. The average Bonchev–Trinajstić information content (AvgIpc) is 3.05. The molecule has 7 nitrogen and oxygen atoms in total. The Bertz CT molecular complexity index is 711. The third-order valence-electron chi connectivity index (χ3n) is 4.05. The molecule has 1 fully saturated rings. The third-order valence-corrected chi connectivity index (χ3v) is 4.81. The molecule has 0 aliphatic heterocycles. The molecular weight excluding hydrogens is 328 g/mol. The highest BCUT2D eigenvalue weighted by atomic mass is 32.1. The summed E-state index contributed by atoms with van der Waals surface area (Å²) in [5, 5.41) is 17.3. The van der Waals surface area contributed by atoms with Crippen molar-refractivity contribution in [2.24, 2.45) is 5.92 Å². The number of amides is 1. The number of aromatic nitrogens is 2. The Kier molecular flexibility index (Phi) is 5.05. The number of carbonyl (C=O) groups excluding carboxylic acids is 1. The fraction of sp³-hybridized carbons (Fsp3) is 0.375. The lowest BCUT2D eigenvalue weighted by Gasteiger charge is -2.26.